The van der Waals surface area contributed by atoms with Crippen molar-refractivity contribution in [3.63, 3.8) is 0 Å². The van der Waals surface area contributed by atoms with E-state index in [4.69, 9.17) is 0 Å². The molecule has 1 N–H and O–H groups in total. The first-order chi connectivity index (χ1) is 11.6. The van der Waals surface area contributed by atoms with Gasteiger partial charge in [-0.05, 0) is 38.3 Å². The Bertz CT molecular complexity index is 690. The highest BCUT2D eigenvalue weighted by molar-refractivity contribution is 5.94. The number of carbonyl (C=O) groups excluding carboxylic acids is 2. The molecule has 0 saturated carbocycles. The first kappa shape index (κ1) is 19.0. The van der Waals surface area contributed by atoms with Crippen molar-refractivity contribution in [2.75, 3.05) is 11.4 Å². The quantitative estimate of drug-likeness (QED) is 0.913. The van der Waals surface area contributed by atoms with E-state index in [-0.39, 0.29) is 18.2 Å². The Hall–Kier alpha value is -2.37. The van der Waals surface area contributed by atoms with E-state index in [9.17, 15) is 19.5 Å². The summed E-state index contributed by atoms with van der Waals surface area (Å²) in [6, 6.07) is 3.99. The topological polar surface area (TPSA) is 77.9 Å². The second-order valence-electron chi connectivity index (χ2n) is 6.89. The number of rotatable bonds is 3. The van der Waals surface area contributed by atoms with Gasteiger partial charge in [0.15, 0.2) is 0 Å². The molecule has 6 nitrogen and oxygen atoms in total. The normalized spacial score (nSPS) is 20.3. The van der Waals surface area contributed by atoms with E-state index < -0.39 is 18.1 Å². The minimum absolute atomic E-state index is 0.150. The summed E-state index contributed by atoms with van der Waals surface area (Å²) in [4.78, 5) is 39.3. The Morgan fingerprint density at radius 3 is 2.12 bits per heavy atom. The first-order valence-electron chi connectivity index (χ1n) is 8.51. The van der Waals surface area contributed by atoms with Crippen molar-refractivity contribution in [3.05, 3.63) is 28.8 Å². The lowest BCUT2D eigenvalue weighted by Gasteiger charge is -2.44. The number of carbonyl (C=O) groups is 3. The smallest absolute Gasteiger partial charge is 0.306 e. The lowest BCUT2D eigenvalue weighted by atomic mass is 9.92. The number of carboxylic acid groups (broad SMARTS) is 1. The van der Waals surface area contributed by atoms with Crippen molar-refractivity contribution in [3.8, 4) is 0 Å². The highest BCUT2D eigenvalue weighted by Crippen LogP contribution is 2.34. The first-order valence-corrected chi connectivity index (χ1v) is 8.51. The summed E-state index contributed by atoms with van der Waals surface area (Å²) in [5.41, 5.74) is 3.74. The Kier molecular flexibility index (Phi) is 5.50. The van der Waals surface area contributed by atoms with Gasteiger partial charge >= 0.3 is 5.97 Å². The number of piperidine rings is 1. The second kappa shape index (κ2) is 7.25. The van der Waals surface area contributed by atoms with Gasteiger partial charge in [0.2, 0.25) is 11.8 Å². The molecular weight excluding hydrogens is 320 g/mol. The predicted octanol–water partition coefficient (Wildman–Crippen LogP) is 2.63. The van der Waals surface area contributed by atoms with Gasteiger partial charge in [-0.2, -0.15) is 0 Å². The zero-order valence-corrected chi connectivity index (χ0v) is 15.5. The summed E-state index contributed by atoms with van der Waals surface area (Å²) >= 11 is 0. The molecule has 1 aliphatic heterocycles. The number of benzene rings is 1. The molecule has 136 valence electrons. The molecule has 1 saturated heterocycles. The van der Waals surface area contributed by atoms with Crippen molar-refractivity contribution < 1.29 is 19.5 Å². The van der Waals surface area contributed by atoms with Crippen molar-refractivity contribution >= 4 is 23.5 Å². The van der Waals surface area contributed by atoms with Gasteiger partial charge < -0.3 is 10.0 Å². The van der Waals surface area contributed by atoms with Crippen molar-refractivity contribution in [1.29, 1.82) is 0 Å². The van der Waals surface area contributed by atoms with Gasteiger partial charge in [0.25, 0.3) is 0 Å². The molecule has 1 aliphatic rings. The Morgan fingerprint density at radius 1 is 1.12 bits per heavy atom. The maximum absolute atomic E-state index is 12.5. The number of hydrogen-bond acceptors (Lipinski definition) is 3. The third-order valence-electron chi connectivity index (χ3n) is 4.84. The molecule has 2 unspecified atom stereocenters. The van der Waals surface area contributed by atoms with E-state index in [2.05, 4.69) is 0 Å². The van der Waals surface area contributed by atoms with Crippen molar-refractivity contribution in [2.45, 2.75) is 53.6 Å². The standard InChI is InChI=1S/C19H26N2O4/c1-11-8-12(2)18(13(3)9-11)21(15(5)23)17-10-16(19(24)25)6-7-20(17)14(4)22/h8-9,16-17H,6-7,10H2,1-5H3,(H,24,25). The summed E-state index contributed by atoms with van der Waals surface area (Å²) < 4.78 is 0. The number of aliphatic carboxylic acids is 1. The fraction of sp³-hybridized carbons (Fsp3) is 0.526. The highest BCUT2D eigenvalue weighted by Gasteiger charge is 2.39. The minimum Gasteiger partial charge on any atom is -0.481 e. The van der Waals surface area contributed by atoms with Crippen molar-refractivity contribution in [2.24, 2.45) is 5.92 Å². The molecule has 2 atom stereocenters. The van der Waals surface area contributed by atoms with Gasteiger partial charge in [-0.25, -0.2) is 0 Å². The van der Waals surface area contributed by atoms with Crippen LogP contribution in [0.3, 0.4) is 0 Å². The molecule has 0 spiro atoms. The number of carboxylic acids is 1. The van der Waals surface area contributed by atoms with Crippen LogP contribution in [0.2, 0.25) is 0 Å². The second-order valence-corrected chi connectivity index (χ2v) is 6.89. The SMILES string of the molecule is CC(=O)N1CCC(C(=O)O)CC1N(C(C)=O)c1c(C)cc(C)cc1C. The van der Waals surface area contributed by atoms with E-state index in [0.29, 0.717) is 13.0 Å². The summed E-state index contributed by atoms with van der Waals surface area (Å²) in [5, 5.41) is 9.41. The maximum Gasteiger partial charge on any atom is 0.306 e. The number of likely N-dealkylation sites (tertiary alicyclic amines) is 1. The molecule has 25 heavy (non-hydrogen) atoms. The largest absolute Gasteiger partial charge is 0.481 e. The molecule has 2 amide bonds. The Morgan fingerprint density at radius 2 is 1.68 bits per heavy atom. The number of amides is 2. The summed E-state index contributed by atoms with van der Waals surface area (Å²) in [5.74, 6) is -1.79. The van der Waals surface area contributed by atoms with Crippen LogP contribution in [0.25, 0.3) is 0 Å². The summed E-state index contributed by atoms with van der Waals surface area (Å²) in [6.07, 6.45) is 0.0644. The molecule has 2 rings (SSSR count). The molecule has 6 heteroatoms. The van der Waals surface area contributed by atoms with Crippen LogP contribution < -0.4 is 4.90 Å². The third kappa shape index (κ3) is 3.83. The summed E-state index contributed by atoms with van der Waals surface area (Å²) in [6.45, 7) is 9.11. The van der Waals surface area contributed by atoms with Crippen LogP contribution >= 0.6 is 0 Å². The van der Waals surface area contributed by atoms with E-state index in [1.54, 1.807) is 9.80 Å². The molecule has 1 heterocycles. The van der Waals surface area contributed by atoms with Crippen LogP contribution in [-0.2, 0) is 14.4 Å². The van der Waals surface area contributed by atoms with Gasteiger partial charge in [0.05, 0.1) is 11.6 Å². The fourth-order valence-corrected chi connectivity index (χ4v) is 3.85. The van der Waals surface area contributed by atoms with Gasteiger partial charge in [-0.3, -0.25) is 19.3 Å². The van der Waals surface area contributed by atoms with Crippen LogP contribution in [-0.4, -0.2) is 40.5 Å². The van der Waals surface area contributed by atoms with Crippen LogP contribution in [0.1, 0.15) is 43.4 Å². The average molecular weight is 346 g/mol. The fourth-order valence-electron chi connectivity index (χ4n) is 3.85. The number of anilines is 1. The molecule has 0 aromatic heterocycles. The van der Waals surface area contributed by atoms with E-state index in [1.807, 2.05) is 32.9 Å². The molecule has 1 fully saturated rings. The lowest BCUT2D eigenvalue weighted by molar-refractivity contribution is -0.147. The molecule has 1 aromatic carbocycles. The maximum atomic E-state index is 12.5. The van der Waals surface area contributed by atoms with Gasteiger partial charge in [0, 0.05) is 26.8 Å². The zero-order chi connectivity index (χ0) is 18.9. The predicted molar refractivity (Wildman–Crippen MR) is 95.3 cm³/mol. The number of hydrogen-bond donors (Lipinski definition) is 1. The van der Waals surface area contributed by atoms with Crippen molar-refractivity contribution in [1.82, 2.24) is 4.90 Å². The van der Waals surface area contributed by atoms with E-state index in [1.165, 1.54) is 13.8 Å². The molecule has 0 aliphatic carbocycles. The van der Waals surface area contributed by atoms with Crippen LogP contribution in [0.4, 0.5) is 5.69 Å². The minimum atomic E-state index is -0.881. The lowest BCUT2D eigenvalue weighted by Crippen LogP contribution is -2.57. The monoisotopic (exact) mass is 346 g/mol. The van der Waals surface area contributed by atoms with E-state index >= 15 is 0 Å². The van der Waals surface area contributed by atoms with E-state index in [0.717, 1.165) is 22.4 Å². The number of aryl methyl sites for hydroxylation is 3. The van der Waals surface area contributed by atoms with Crippen LogP contribution in [0.5, 0.6) is 0 Å². The van der Waals surface area contributed by atoms with Crippen LogP contribution in [0, 0.1) is 26.7 Å². The highest BCUT2D eigenvalue weighted by atomic mass is 16.4. The molecule has 1 aromatic rings. The average Bonchev–Trinajstić information content (AvgIpc) is 2.49. The van der Waals surface area contributed by atoms with Crippen LogP contribution in [0.15, 0.2) is 12.1 Å². The Balaban J connectivity index is 2.54. The van der Waals surface area contributed by atoms with Gasteiger partial charge in [-0.1, -0.05) is 17.7 Å². The molecule has 0 bridgehead atoms. The molecule has 0 radical (unpaired) electrons. The van der Waals surface area contributed by atoms with Gasteiger partial charge in [0.1, 0.15) is 6.17 Å². The number of nitrogens with zero attached hydrogens (tertiary/aromatic N) is 2. The summed E-state index contributed by atoms with van der Waals surface area (Å²) in [7, 11) is 0. The van der Waals surface area contributed by atoms with Gasteiger partial charge in [-0.15, -0.1) is 0 Å². The zero-order valence-electron chi connectivity index (χ0n) is 15.5. The Labute approximate surface area is 148 Å². The molecular formula is C19H26N2O4. The third-order valence-corrected chi connectivity index (χ3v) is 4.84.